The third-order valence-corrected chi connectivity index (χ3v) is 2.98. The van der Waals surface area contributed by atoms with Gasteiger partial charge in [0, 0.05) is 18.1 Å². The van der Waals surface area contributed by atoms with Crippen molar-refractivity contribution in [3.63, 3.8) is 0 Å². The molecule has 1 fully saturated rings. The average molecular weight is 234 g/mol. The molecule has 1 saturated heterocycles. The number of rotatable bonds is 4. The molecule has 3 N–H and O–H groups in total. The maximum Gasteiger partial charge on any atom is 0.122 e. The molecule has 0 aliphatic carbocycles. The van der Waals surface area contributed by atoms with Crippen LogP contribution in [0.4, 0.5) is 0 Å². The fraction of sp³-hybridized carbons (Fsp3) is 0.462. The number of amidine groups is 1. The summed E-state index contributed by atoms with van der Waals surface area (Å²) in [4.78, 5) is 0. The van der Waals surface area contributed by atoms with Crippen molar-refractivity contribution >= 4 is 5.84 Å². The molecule has 0 radical (unpaired) electrons. The lowest BCUT2D eigenvalue weighted by molar-refractivity contribution is 0.167. The van der Waals surface area contributed by atoms with Gasteiger partial charge >= 0.3 is 0 Å². The van der Waals surface area contributed by atoms with Crippen LogP contribution in [-0.4, -0.2) is 25.7 Å². The summed E-state index contributed by atoms with van der Waals surface area (Å²) in [6.07, 6.45) is 1.07. The minimum atomic E-state index is 0.0869. The highest BCUT2D eigenvalue weighted by molar-refractivity contribution is 5.95. The predicted octanol–water partition coefficient (Wildman–Crippen LogP) is 1.69. The fourth-order valence-corrected chi connectivity index (χ4v) is 1.90. The van der Waals surface area contributed by atoms with Crippen LogP contribution in [0.15, 0.2) is 18.2 Å². The second-order valence-electron chi connectivity index (χ2n) is 4.43. The zero-order valence-corrected chi connectivity index (χ0v) is 10.0. The molecule has 0 spiro atoms. The van der Waals surface area contributed by atoms with Crippen LogP contribution < -0.4 is 10.5 Å². The molecule has 1 aromatic carbocycles. The monoisotopic (exact) mass is 234 g/mol. The van der Waals surface area contributed by atoms with Crippen molar-refractivity contribution in [1.29, 1.82) is 5.41 Å². The lowest BCUT2D eigenvalue weighted by atomic mass is 10.1. The van der Waals surface area contributed by atoms with Gasteiger partial charge in [0.25, 0.3) is 0 Å². The maximum absolute atomic E-state index is 7.36. The van der Waals surface area contributed by atoms with E-state index in [0.717, 1.165) is 36.5 Å². The van der Waals surface area contributed by atoms with Crippen molar-refractivity contribution in [2.45, 2.75) is 13.3 Å². The van der Waals surface area contributed by atoms with Crippen molar-refractivity contribution < 1.29 is 9.47 Å². The number of benzene rings is 1. The second-order valence-corrected chi connectivity index (χ2v) is 4.43. The van der Waals surface area contributed by atoms with E-state index in [2.05, 4.69) is 0 Å². The third-order valence-electron chi connectivity index (χ3n) is 2.98. The van der Waals surface area contributed by atoms with E-state index in [1.165, 1.54) is 0 Å². The van der Waals surface area contributed by atoms with Crippen LogP contribution in [-0.2, 0) is 4.74 Å². The fourth-order valence-electron chi connectivity index (χ4n) is 1.90. The molecule has 0 aromatic heterocycles. The van der Waals surface area contributed by atoms with Gasteiger partial charge in [-0.15, -0.1) is 0 Å². The summed E-state index contributed by atoms with van der Waals surface area (Å²) < 4.78 is 11.1. The van der Waals surface area contributed by atoms with Gasteiger partial charge in [0.15, 0.2) is 0 Å². The summed E-state index contributed by atoms with van der Waals surface area (Å²) >= 11 is 0. The molecule has 1 aromatic rings. The minimum Gasteiger partial charge on any atom is -0.493 e. The Bertz CT molecular complexity index is 412. The lowest BCUT2D eigenvalue weighted by Crippen LogP contribution is -2.13. The number of aryl methyl sites for hydroxylation is 1. The van der Waals surface area contributed by atoms with E-state index < -0.39 is 0 Å². The topological polar surface area (TPSA) is 68.3 Å². The van der Waals surface area contributed by atoms with Crippen LogP contribution >= 0.6 is 0 Å². The number of nitrogens with two attached hydrogens (primary N) is 1. The Morgan fingerprint density at radius 2 is 2.41 bits per heavy atom. The first-order valence-corrected chi connectivity index (χ1v) is 5.82. The summed E-state index contributed by atoms with van der Waals surface area (Å²) in [5.41, 5.74) is 7.18. The summed E-state index contributed by atoms with van der Waals surface area (Å²) in [6, 6.07) is 5.57. The van der Waals surface area contributed by atoms with Gasteiger partial charge in [0.1, 0.15) is 11.6 Å². The van der Waals surface area contributed by atoms with Crippen LogP contribution in [0.3, 0.4) is 0 Å². The molecule has 1 atom stereocenters. The van der Waals surface area contributed by atoms with Crippen molar-refractivity contribution in [2.24, 2.45) is 11.7 Å². The Labute approximate surface area is 101 Å². The van der Waals surface area contributed by atoms with Gasteiger partial charge in [-0.1, -0.05) is 0 Å². The number of hydrogen-bond acceptors (Lipinski definition) is 3. The molecule has 0 amide bonds. The van der Waals surface area contributed by atoms with Crippen molar-refractivity contribution in [1.82, 2.24) is 0 Å². The molecular formula is C13H18N2O2. The van der Waals surface area contributed by atoms with Gasteiger partial charge in [0.05, 0.1) is 13.2 Å². The highest BCUT2D eigenvalue weighted by atomic mass is 16.5. The first kappa shape index (κ1) is 11.9. The van der Waals surface area contributed by atoms with E-state index in [1.54, 1.807) is 0 Å². The number of hydrogen-bond donors (Lipinski definition) is 2. The molecule has 17 heavy (non-hydrogen) atoms. The van der Waals surface area contributed by atoms with Crippen molar-refractivity contribution in [3.05, 3.63) is 29.3 Å². The van der Waals surface area contributed by atoms with Gasteiger partial charge in [-0.05, 0) is 37.1 Å². The highest BCUT2D eigenvalue weighted by Crippen LogP contribution is 2.21. The van der Waals surface area contributed by atoms with Gasteiger partial charge in [-0.2, -0.15) is 0 Å². The minimum absolute atomic E-state index is 0.0869. The Hall–Kier alpha value is -1.55. The van der Waals surface area contributed by atoms with E-state index in [1.807, 2.05) is 25.1 Å². The Morgan fingerprint density at radius 1 is 1.59 bits per heavy atom. The SMILES string of the molecule is Cc1cc(C(=N)N)ccc1OCC1CCOC1. The smallest absolute Gasteiger partial charge is 0.122 e. The number of nitrogens with one attached hydrogen (secondary N) is 1. The van der Waals surface area contributed by atoms with E-state index in [9.17, 15) is 0 Å². The highest BCUT2D eigenvalue weighted by Gasteiger charge is 2.16. The van der Waals surface area contributed by atoms with Crippen LogP contribution in [0.1, 0.15) is 17.5 Å². The number of ether oxygens (including phenoxy) is 2. The Morgan fingerprint density at radius 3 is 3.00 bits per heavy atom. The molecule has 4 heteroatoms. The summed E-state index contributed by atoms with van der Waals surface area (Å²) in [5, 5.41) is 7.36. The molecular weight excluding hydrogens is 216 g/mol. The summed E-state index contributed by atoms with van der Waals surface area (Å²) in [5.74, 6) is 1.45. The molecule has 2 rings (SSSR count). The molecule has 1 aliphatic rings. The molecule has 0 saturated carbocycles. The van der Waals surface area contributed by atoms with E-state index >= 15 is 0 Å². The molecule has 1 unspecified atom stereocenters. The second kappa shape index (κ2) is 5.19. The Kier molecular flexibility index (Phi) is 3.64. The van der Waals surface area contributed by atoms with Gasteiger partial charge < -0.3 is 15.2 Å². The van der Waals surface area contributed by atoms with Crippen LogP contribution in [0.5, 0.6) is 5.75 Å². The normalized spacial score (nSPS) is 19.2. The van der Waals surface area contributed by atoms with E-state index in [0.29, 0.717) is 12.5 Å². The quantitative estimate of drug-likeness (QED) is 0.615. The predicted molar refractivity (Wildman–Crippen MR) is 66.6 cm³/mol. The first-order valence-electron chi connectivity index (χ1n) is 5.82. The largest absolute Gasteiger partial charge is 0.493 e. The van der Waals surface area contributed by atoms with E-state index in [4.69, 9.17) is 20.6 Å². The van der Waals surface area contributed by atoms with Crippen molar-refractivity contribution in [3.8, 4) is 5.75 Å². The number of nitrogen functional groups attached to an aromatic ring is 1. The summed E-state index contributed by atoms with van der Waals surface area (Å²) in [7, 11) is 0. The van der Waals surface area contributed by atoms with E-state index in [-0.39, 0.29) is 5.84 Å². The van der Waals surface area contributed by atoms with Gasteiger partial charge in [-0.3, -0.25) is 5.41 Å². The van der Waals surface area contributed by atoms with Crippen molar-refractivity contribution in [2.75, 3.05) is 19.8 Å². The first-order chi connectivity index (χ1) is 8.16. The molecule has 0 bridgehead atoms. The van der Waals surface area contributed by atoms with Crippen LogP contribution in [0, 0.1) is 18.3 Å². The molecule has 1 aliphatic heterocycles. The van der Waals surface area contributed by atoms with Gasteiger partial charge in [-0.25, -0.2) is 0 Å². The average Bonchev–Trinajstić information content (AvgIpc) is 2.80. The van der Waals surface area contributed by atoms with Crippen LogP contribution in [0.2, 0.25) is 0 Å². The summed E-state index contributed by atoms with van der Waals surface area (Å²) in [6.45, 7) is 4.30. The maximum atomic E-state index is 7.36. The molecule has 92 valence electrons. The Balaban J connectivity index is 1.98. The third kappa shape index (κ3) is 2.97. The van der Waals surface area contributed by atoms with Gasteiger partial charge in [0.2, 0.25) is 0 Å². The molecule has 4 nitrogen and oxygen atoms in total. The zero-order valence-electron chi connectivity index (χ0n) is 10.0. The van der Waals surface area contributed by atoms with Crippen LogP contribution in [0.25, 0.3) is 0 Å². The molecule has 1 heterocycles. The standard InChI is InChI=1S/C13H18N2O2/c1-9-6-11(13(14)15)2-3-12(9)17-8-10-4-5-16-7-10/h2-3,6,10H,4-5,7-8H2,1H3,(H3,14,15). The zero-order chi connectivity index (χ0) is 12.3. The lowest BCUT2D eigenvalue weighted by Gasteiger charge is -2.13.